The Kier molecular flexibility index (Phi) is 5.21. The molecule has 0 saturated carbocycles. The molecule has 144 valence electrons. The molecule has 0 radical (unpaired) electrons. The highest BCUT2D eigenvalue weighted by molar-refractivity contribution is 7.10. The Morgan fingerprint density at radius 1 is 1.37 bits per heavy atom. The summed E-state index contributed by atoms with van der Waals surface area (Å²) in [5.41, 5.74) is 3.49. The van der Waals surface area contributed by atoms with Gasteiger partial charge < -0.3 is 19.5 Å². The number of morpholine rings is 1. The number of amides is 1. The molecule has 27 heavy (non-hydrogen) atoms. The van der Waals surface area contributed by atoms with Crippen molar-refractivity contribution in [3.8, 4) is 5.75 Å². The molecule has 1 fully saturated rings. The summed E-state index contributed by atoms with van der Waals surface area (Å²) in [6, 6.07) is 7.85. The molecule has 1 aromatic carbocycles. The first kappa shape index (κ1) is 18.5. The molecule has 4 rings (SSSR count). The number of rotatable bonds is 4. The molecule has 0 spiro atoms. The molecule has 3 atom stereocenters. The number of carbonyl (C=O) groups is 1. The Hall–Kier alpha value is -1.89. The predicted molar refractivity (Wildman–Crippen MR) is 104 cm³/mol. The minimum Gasteiger partial charge on any atom is -0.480 e. The first-order chi connectivity index (χ1) is 13.0. The SMILES string of the molecule is Cc1cc2c(cc1C)O[C@H](C(=O)N1CCOC[C@H]1C[C@@H](O)c1cccs1)C2. The molecule has 2 aromatic rings. The second kappa shape index (κ2) is 7.62. The normalized spacial score (nSPS) is 23.0. The van der Waals surface area contributed by atoms with Gasteiger partial charge in [0.2, 0.25) is 0 Å². The van der Waals surface area contributed by atoms with Gasteiger partial charge in [0.1, 0.15) is 5.75 Å². The van der Waals surface area contributed by atoms with E-state index in [9.17, 15) is 9.90 Å². The van der Waals surface area contributed by atoms with Crippen LogP contribution in [0.4, 0.5) is 0 Å². The average Bonchev–Trinajstić information content (AvgIpc) is 3.32. The maximum Gasteiger partial charge on any atom is 0.264 e. The number of fused-ring (bicyclic) bond motifs is 1. The molecule has 1 aromatic heterocycles. The Morgan fingerprint density at radius 3 is 2.96 bits per heavy atom. The summed E-state index contributed by atoms with van der Waals surface area (Å²) in [7, 11) is 0. The number of ether oxygens (including phenoxy) is 2. The molecule has 0 aliphatic carbocycles. The number of aryl methyl sites for hydroxylation is 2. The van der Waals surface area contributed by atoms with Gasteiger partial charge in [0, 0.05) is 24.3 Å². The molecule has 5 nitrogen and oxygen atoms in total. The van der Waals surface area contributed by atoms with Crippen molar-refractivity contribution in [2.75, 3.05) is 19.8 Å². The Labute approximate surface area is 163 Å². The van der Waals surface area contributed by atoms with E-state index in [1.165, 1.54) is 22.5 Å². The summed E-state index contributed by atoms with van der Waals surface area (Å²) >= 11 is 1.53. The van der Waals surface area contributed by atoms with Gasteiger partial charge in [-0.25, -0.2) is 0 Å². The van der Waals surface area contributed by atoms with Gasteiger partial charge >= 0.3 is 0 Å². The summed E-state index contributed by atoms with van der Waals surface area (Å²) in [6.07, 6.45) is 0.0106. The lowest BCUT2D eigenvalue weighted by Crippen LogP contribution is -2.53. The maximum absolute atomic E-state index is 13.2. The summed E-state index contributed by atoms with van der Waals surface area (Å²) in [6.45, 7) is 5.64. The Balaban J connectivity index is 1.46. The second-order valence-corrected chi connectivity index (χ2v) is 8.36. The minimum atomic E-state index is -0.584. The van der Waals surface area contributed by atoms with E-state index < -0.39 is 12.2 Å². The molecule has 0 bridgehead atoms. The van der Waals surface area contributed by atoms with Crippen LogP contribution in [-0.4, -0.2) is 47.8 Å². The third-order valence-corrected chi connectivity index (χ3v) is 6.48. The molecule has 1 saturated heterocycles. The van der Waals surface area contributed by atoms with Crippen molar-refractivity contribution in [2.45, 2.75) is 44.9 Å². The third kappa shape index (κ3) is 3.74. The van der Waals surface area contributed by atoms with Crippen molar-refractivity contribution in [1.29, 1.82) is 0 Å². The van der Waals surface area contributed by atoms with Crippen molar-refractivity contribution in [3.63, 3.8) is 0 Å². The largest absolute Gasteiger partial charge is 0.480 e. The van der Waals surface area contributed by atoms with Gasteiger partial charge in [-0.2, -0.15) is 0 Å². The summed E-state index contributed by atoms with van der Waals surface area (Å²) in [5.74, 6) is 0.813. The van der Waals surface area contributed by atoms with Crippen LogP contribution >= 0.6 is 11.3 Å². The van der Waals surface area contributed by atoms with Crippen LogP contribution < -0.4 is 4.74 Å². The lowest BCUT2D eigenvalue weighted by molar-refractivity contribution is -0.147. The minimum absolute atomic E-state index is 0.00631. The second-order valence-electron chi connectivity index (χ2n) is 7.38. The van der Waals surface area contributed by atoms with E-state index in [0.717, 1.165) is 16.2 Å². The monoisotopic (exact) mass is 387 g/mol. The van der Waals surface area contributed by atoms with Crippen LogP contribution in [0.15, 0.2) is 29.6 Å². The van der Waals surface area contributed by atoms with E-state index in [1.54, 1.807) is 0 Å². The molecule has 1 N–H and O–H groups in total. The average molecular weight is 388 g/mol. The van der Waals surface area contributed by atoms with Crippen LogP contribution in [0.1, 0.15) is 34.1 Å². The van der Waals surface area contributed by atoms with Crippen LogP contribution in [0.2, 0.25) is 0 Å². The summed E-state index contributed by atoms with van der Waals surface area (Å²) in [5, 5.41) is 12.5. The van der Waals surface area contributed by atoms with Crippen molar-refractivity contribution in [3.05, 3.63) is 51.2 Å². The van der Waals surface area contributed by atoms with E-state index in [2.05, 4.69) is 19.9 Å². The highest BCUT2D eigenvalue weighted by atomic mass is 32.1. The smallest absolute Gasteiger partial charge is 0.264 e. The fraction of sp³-hybridized carbons (Fsp3) is 0.476. The number of nitrogens with zero attached hydrogens (tertiary/aromatic N) is 1. The number of carbonyl (C=O) groups excluding carboxylic acids is 1. The van der Waals surface area contributed by atoms with Gasteiger partial charge in [-0.05, 0) is 48.1 Å². The molecule has 1 amide bonds. The van der Waals surface area contributed by atoms with Crippen molar-refractivity contribution < 1.29 is 19.4 Å². The number of hydrogen-bond acceptors (Lipinski definition) is 5. The van der Waals surface area contributed by atoms with Gasteiger partial charge in [0.15, 0.2) is 6.10 Å². The van der Waals surface area contributed by atoms with Gasteiger partial charge in [-0.15, -0.1) is 11.3 Å². The van der Waals surface area contributed by atoms with Crippen LogP contribution in [0, 0.1) is 13.8 Å². The Morgan fingerprint density at radius 2 is 2.19 bits per heavy atom. The van der Waals surface area contributed by atoms with Crippen molar-refractivity contribution in [2.24, 2.45) is 0 Å². The van der Waals surface area contributed by atoms with Gasteiger partial charge in [0.05, 0.1) is 25.4 Å². The lowest BCUT2D eigenvalue weighted by Gasteiger charge is -2.37. The zero-order valence-electron chi connectivity index (χ0n) is 15.7. The van der Waals surface area contributed by atoms with Crippen molar-refractivity contribution >= 4 is 17.2 Å². The quantitative estimate of drug-likeness (QED) is 0.876. The van der Waals surface area contributed by atoms with Crippen LogP contribution in [0.25, 0.3) is 0 Å². The van der Waals surface area contributed by atoms with E-state index in [-0.39, 0.29) is 11.9 Å². The van der Waals surface area contributed by atoms with E-state index in [0.29, 0.717) is 32.6 Å². The number of thiophene rings is 1. The standard InChI is InChI=1S/C21H25NO4S/c1-13-8-15-10-19(26-18(15)9-14(13)2)21(24)22-5-6-25-12-16(22)11-17(23)20-4-3-7-27-20/h3-4,7-9,16-17,19,23H,5-6,10-12H2,1-2H3/t16-,17-,19+/m1/s1. The number of benzene rings is 1. The van der Waals surface area contributed by atoms with Crippen LogP contribution in [-0.2, 0) is 16.0 Å². The highest BCUT2D eigenvalue weighted by Gasteiger charge is 2.37. The van der Waals surface area contributed by atoms with Gasteiger partial charge in [-0.1, -0.05) is 12.1 Å². The number of aliphatic hydroxyl groups is 1. The zero-order valence-corrected chi connectivity index (χ0v) is 16.5. The molecule has 0 unspecified atom stereocenters. The van der Waals surface area contributed by atoms with Crippen LogP contribution in [0.5, 0.6) is 5.75 Å². The summed E-state index contributed by atoms with van der Waals surface area (Å²) < 4.78 is 11.6. The van der Waals surface area contributed by atoms with E-state index in [4.69, 9.17) is 9.47 Å². The Bertz CT molecular complexity index is 789. The topological polar surface area (TPSA) is 59.0 Å². The van der Waals surface area contributed by atoms with Gasteiger partial charge in [0.25, 0.3) is 5.91 Å². The molecule has 2 aliphatic rings. The fourth-order valence-electron chi connectivity index (χ4n) is 3.83. The lowest BCUT2D eigenvalue weighted by atomic mass is 10.0. The zero-order chi connectivity index (χ0) is 19.0. The van der Waals surface area contributed by atoms with Gasteiger partial charge in [-0.3, -0.25) is 4.79 Å². The first-order valence-electron chi connectivity index (χ1n) is 9.39. The maximum atomic E-state index is 13.2. The summed E-state index contributed by atoms with van der Waals surface area (Å²) in [4.78, 5) is 15.9. The van der Waals surface area contributed by atoms with Crippen molar-refractivity contribution in [1.82, 2.24) is 4.90 Å². The van der Waals surface area contributed by atoms with Crippen LogP contribution in [0.3, 0.4) is 0 Å². The highest BCUT2D eigenvalue weighted by Crippen LogP contribution is 2.33. The molecule has 6 heteroatoms. The predicted octanol–water partition coefficient (Wildman–Crippen LogP) is 3.02. The fourth-order valence-corrected chi connectivity index (χ4v) is 4.56. The molecule has 3 heterocycles. The molecular weight excluding hydrogens is 362 g/mol. The van der Waals surface area contributed by atoms with E-state index >= 15 is 0 Å². The molecule has 2 aliphatic heterocycles. The number of hydrogen-bond donors (Lipinski definition) is 1. The van der Waals surface area contributed by atoms with E-state index in [1.807, 2.05) is 28.5 Å². The third-order valence-electron chi connectivity index (χ3n) is 5.50. The molecular formula is C21H25NO4S. The first-order valence-corrected chi connectivity index (χ1v) is 10.3. The number of aliphatic hydroxyl groups excluding tert-OH is 1.